The molecular weight excluding hydrogens is 280 g/mol. The maximum absolute atomic E-state index is 11.0. The first-order valence-corrected chi connectivity index (χ1v) is 6.18. The molecule has 0 fully saturated rings. The van der Waals surface area contributed by atoms with Crippen molar-refractivity contribution in [2.45, 2.75) is 0 Å². The molecule has 0 spiro atoms. The van der Waals surface area contributed by atoms with E-state index in [9.17, 15) is 4.79 Å². The molecule has 1 heterocycles. The molecular formula is C12H13ClN6O. The molecule has 20 heavy (non-hydrogen) atoms. The highest BCUT2D eigenvalue weighted by molar-refractivity contribution is 6.67. The van der Waals surface area contributed by atoms with Gasteiger partial charge < -0.3 is 16.0 Å². The summed E-state index contributed by atoms with van der Waals surface area (Å²) in [5, 5.41) is 8.22. The van der Waals surface area contributed by atoms with Crippen molar-refractivity contribution >= 4 is 40.4 Å². The first-order valence-electron chi connectivity index (χ1n) is 5.81. The first kappa shape index (κ1) is 14.0. The number of halogens is 1. The van der Waals surface area contributed by atoms with Crippen LogP contribution in [0.25, 0.3) is 0 Å². The van der Waals surface area contributed by atoms with Crippen LogP contribution in [0.3, 0.4) is 0 Å². The van der Waals surface area contributed by atoms with Crippen LogP contribution in [0.5, 0.6) is 0 Å². The minimum atomic E-state index is -0.494. The van der Waals surface area contributed by atoms with E-state index in [-0.39, 0.29) is 0 Å². The molecule has 3 N–H and O–H groups in total. The number of hydrogen-bond donors (Lipinski definition) is 3. The van der Waals surface area contributed by atoms with Gasteiger partial charge in [-0.15, -0.1) is 0 Å². The Hall–Kier alpha value is -2.41. The second-order valence-corrected chi connectivity index (χ2v) is 4.13. The molecule has 0 aliphatic carbocycles. The van der Waals surface area contributed by atoms with Gasteiger partial charge in [-0.3, -0.25) is 4.79 Å². The third-order valence-corrected chi connectivity index (χ3v) is 2.67. The average molecular weight is 293 g/mol. The van der Waals surface area contributed by atoms with Crippen LogP contribution in [0.2, 0.25) is 0 Å². The molecule has 0 aliphatic heterocycles. The van der Waals surface area contributed by atoms with Crippen molar-refractivity contribution in [3.8, 4) is 0 Å². The van der Waals surface area contributed by atoms with Crippen LogP contribution in [0.15, 0.2) is 24.3 Å². The minimum Gasteiger partial charge on any atom is -0.357 e. The largest absolute Gasteiger partial charge is 0.357 e. The number of anilines is 4. The van der Waals surface area contributed by atoms with E-state index in [1.54, 1.807) is 38.4 Å². The number of benzene rings is 1. The van der Waals surface area contributed by atoms with Gasteiger partial charge in [-0.1, -0.05) is 0 Å². The van der Waals surface area contributed by atoms with Gasteiger partial charge in [0, 0.05) is 25.3 Å². The van der Waals surface area contributed by atoms with E-state index in [0.29, 0.717) is 23.4 Å². The highest BCUT2D eigenvalue weighted by Gasteiger charge is 2.06. The van der Waals surface area contributed by atoms with E-state index >= 15 is 0 Å². The summed E-state index contributed by atoms with van der Waals surface area (Å²) in [6.45, 7) is 0. The van der Waals surface area contributed by atoms with Gasteiger partial charge >= 0.3 is 0 Å². The first-order chi connectivity index (χ1) is 9.62. The summed E-state index contributed by atoms with van der Waals surface area (Å²) in [5.74, 6) is 1.28. The van der Waals surface area contributed by atoms with Crippen molar-refractivity contribution in [2.75, 3.05) is 30.0 Å². The van der Waals surface area contributed by atoms with Crippen LogP contribution in [0, 0.1) is 0 Å². The van der Waals surface area contributed by atoms with E-state index in [2.05, 4.69) is 30.9 Å². The van der Waals surface area contributed by atoms with Gasteiger partial charge in [-0.2, -0.15) is 15.0 Å². The lowest BCUT2D eigenvalue weighted by Gasteiger charge is -2.08. The Bertz CT molecular complexity index is 594. The Kier molecular flexibility index (Phi) is 4.31. The molecule has 0 saturated carbocycles. The Morgan fingerprint density at radius 2 is 1.45 bits per heavy atom. The van der Waals surface area contributed by atoms with Crippen molar-refractivity contribution in [1.82, 2.24) is 15.0 Å². The molecule has 2 rings (SSSR count). The van der Waals surface area contributed by atoms with E-state index in [1.165, 1.54) is 0 Å². The maximum atomic E-state index is 11.0. The Morgan fingerprint density at radius 1 is 0.950 bits per heavy atom. The van der Waals surface area contributed by atoms with Crippen LogP contribution < -0.4 is 16.0 Å². The fraction of sp³-hybridized carbons (Fsp3) is 0.167. The summed E-state index contributed by atoms with van der Waals surface area (Å²) in [6, 6.07) is 6.68. The number of carbonyl (C=O) groups is 1. The van der Waals surface area contributed by atoms with E-state index < -0.39 is 5.24 Å². The lowest BCUT2D eigenvalue weighted by molar-refractivity contribution is 0.108. The quantitative estimate of drug-likeness (QED) is 0.727. The lowest BCUT2D eigenvalue weighted by atomic mass is 10.2. The number of aromatic nitrogens is 3. The van der Waals surface area contributed by atoms with Crippen LogP contribution in [0.4, 0.5) is 23.5 Å². The lowest BCUT2D eigenvalue weighted by Crippen LogP contribution is -2.07. The molecule has 2 aromatic rings. The minimum absolute atomic E-state index is 0.388. The molecule has 0 aliphatic rings. The SMILES string of the molecule is CNc1nc(NC)nc(Nc2ccc(C(=O)Cl)cc2)n1. The van der Waals surface area contributed by atoms with Gasteiger partial charge in [0.1, 0.15) is 0 Å². The summed E-state index contributed by atoms with van der Waals surface area (Å²) < 4.78 is 0. The Balaban J connectivity index is 2.22. The van der Waals surface area contributed by atoms with E-state index in [0.717, 1.165) is 5.69 Å². The molecule has 0 radical (unpaired) electrons. The predicted octanol–water partition coefficient (Wildman–Crippen LogP) is 2.08. The predicted molar refractivity (Wildman–Crippen MR) is 78.8 cm³/mol. The highest BCUT2D eigenvalue weighted by Crippen LogP contribution is 2.16. The van der Waals surface area contributed by atoms with Crippen molar-refractivity contribution < 1.29 is 4.79 Å². The van der Waals surface area contributed by atoms with Crippen molar-refractivity contribution in [1.29, 1.82) is 0 Å². The van der Waals surface area contributed by atoms with Crippen LogP contribution in [0.1, 0.15) is 10.4 Å². The van der Waals surface area contributed by atoms with Gasteiger partial charge in [0.25, 0.3) is 5.24 Å². The summed E-state index contributed by atoms with van der Waals surface area (Å²) in [4.78, 5) is 23.4. The van der Waals surface area contributed by atoms with Crippen molar-refractivity contribution in [2.24, 2.45) is 0 Å². The van der Waals surface area contributed by atoms with Gasteiger partial charge in [-0.25, -0.2) is 0 Å². The van der Waals surface area contributed by atoms with E-state index in [1.807, 2.05) is 0 Å². The second-order valence-electron chi connectivity index (χ2n) is 3.78. The number of nitrogens with zero attached hydrogens (tertiary/aromatic N) is 3. The zero-order valence-corrected chi connectivity index (χ0v) is 11.7. The van der Waals surface area contributed by atoms with Gasteiger partial charge in [0.2, 0.25) is 17.8 Å². The monoisotopic (exact) mass is 292 g/mol. The van der Waals surface area contributed by atoms with Crippen molar-refractivity contribution in [3.63, 3.8) is 0 Å². The van der Waals surface area contributed by atoms with Crippen LogP contribution >= 0.6 is 11.6 Å². The summed E-state index contributed by atoms with van der Waals surface area (Å²) in [6.07, 6.45) is 0. The van der Waals surface area contributed by atoms with Crippen LogP contribution in [-0.4, -0.2) is 34.3 Å². The van der Waals surface area contributed by atoms with Crippen LogP contribution in [-0.2, 0) is 0 Å². The van der Waals surface area contributed by atoms with E-state index in [4.69, 9.17) is 11.6 Å². The second kappa shape index (κ2) is 6.16. The molecule has 8 heteroatoms. The molecule has 0 bridgehead atoms. The smallest absolute Gasteiger partial charge is 0.252 e. The Labute approximate surface area is 120 Å². The van der Waals surface area contributed by atoms with Gasteiger partial charge in [0.05, 0.1) is 0 Å². The summed E-state index contributed by atoms with van der Waals surface area (Å²) >= 11 is 5.39. The topological polar surface area (TPSA) is 91.8 Å². The van der Waals surface area contributed by atoms with Gasteiger partial charge in [0.15, 0.2) is 0 Å². The number of nitrogens with one attached hydrogen (secondary N) is 3. The Morgan fingerprint density at radius 3 is 1.90 bits per heavy atom. The molecule has 0 saturated heterocycles. The molecule has 1 aromatic carbocycles. The summed E-state index contributed by atoms with van der Waals surface area (Å²) in [7, 11) is 3.44. The molecule has 0 unspecified atom stereocenters. The number of hydrogen-bond acceptors (Lipinski definition) is 7. The summed E-state index contributed by atoms with van der Waals surface area (Å²) in [5.41, 5.74) is 1.17. The molecule has 7 nitrogen and oxygen atoms in total. The normalized spacial score (nSPS) is 9.95. The number of rotatable bonds is 5. The highest BCUT2D eigenvalue weighted by atomic mass is 35.5. The third-order valence-electron chi connectivity index (χ3n) is 2.45. The average Bonchev–Trinajstić information content (AvgIpc) is 2.47. The zero-order chi connectivity index (χ0) is 14.5. The fourth-order valence-corrected chi connectivity index (χ4v) is 1.60. The standard InChI is InChI=1S/C12H13ClN6O/c1-14-10-17-11(15-2)19-12(18-10)16-8-5-3-7(4-6-8)9(13)20/h3-6H,1-2H3,(H3,14,15,16,17,18,19). The molecule has 1 aromatic heterocycles. The fourth-order valence-electron chi connectivity index (χ4n) is 1.47. The molecule has 104 valence electrons. The number of carbonyl (C=O) groups excluding carboxylic acids is 1. The molecule has 0 atom stereocenters. The maximum Gasteiger partial charge on any atom is 0.252 e. The molecule has 0 amide bonds. The van der Waals surface area contributed by atoms with Crippen molar-refractivity contribution in [3.05, 3.63) is 29.8 Å². The van der Waals surface area contributed by atoms with Gasteiger partial charge in [-0.05, 0) is 35.9 Å². The third kappa shape index (κ3) is 3.33. The zero-order valence-electron chi connectivity index (χ0n) is 10.9.